The predicted molar refractivity (Wildman–Crippen MR) is 123 cm³/mol. The van der Waals surface area contributed by atoms with Crippen molar-refractivity contribution in [1.29, 1.82) is 0 Å². The van der Waals surface area contributed by atoms with E-state index in [-0.39, 0.29) is 24.8 Å². The quantitative estimate of drug-likeness (QED) is 0.451. The first-order valence-corrected chi connectivity index (χ1v) is 11.5. The van der Waals surface area contributed by atoms with Crippen LogP contribution >= 0.6 is 11.3 Å². The number of morpholine rings is 1. The molecular formula is C21H24N6O4S. The average Bonchev–Trinajstić information content (AvgIpc) is 3.23. The fourth-order valence-corrected chi connectivity index (χ4v) is 5.06. The van der Waals surface area contributed by atoms with E-state index in [1.54, 1.807) is 4.90 Å². The minimum absolute atomic E-state index is 0.114. The number of para-hydroxylation sites is 1. The first kappa shape index (κ1) is 20.9. The molecular weight excluding hydrogens is 432 g/mol. The summed E-state index contributed by atoms with van der Waals surface area (Å²) in [5, 5.41) is 16.7. The highest BCUT2D eigenvalue weighted by Crippen LogP contribution is 2.32. The molecule has 0 spiro atoms. The van der Waals surface area contributed by atoms with Crippen LogP contribution in [0.3, 0.4) is 0 Å². The molecule has 4 N–H and O–H groups in total. The summed E-state index contributed by atoms with van der Waals surface area (Å²) in [5.74, 6) is -0.231. The minimum Gasteiger partial charge on any atom is -0.479 e. The van der Waals surface area contributed by atoms with E-state index >= 15 is 0 Å². The molecule has 1 aromatic carbocycles. The van der Waals surface area contributed by atoms with Crippen LogP contribution in [0.5, 0.6) is 0 Å². The molecule has 0 bridgehead atoms. The van der Waals surface area contributed by atoms with Crippen molar-refractivity contribution in [2.45, 2.75) is 25.0 Å². The number of benzene rings is 1. The SMILES string of the molecule is O=C(O)C1CN(c2nc(NC3CCCNC3)c(-c3nc4ccccc4s3)c(=O)[nH]2)CCO1. The van der Waals surface area contributed by atoms with Crippen molar-refractivity contribution >= 4 is 39.3 Å². The number of carbonyl (C=O) groups is 1. The van der Waals surface area contributed by atoms with Gasteiger partial charge in [0.1, 0.15) is 16.4 Å². The molecule has 0 aliphatic carbocycles. The third-order valence-corrected chi connectivity index (χ3v) is 6.75. The second-order valence-corrected chi connectivity index (χ2v) is 8.96. The summed E-state index contributed by atoms with van der Waals surface area (Å²) in [6, 6.07) is 7.89. The van der Waals surface area contributed by atoms with Gasteiger partial charge in [-0.25, -0.2) is 9.78 Å². The lowest BCUT2D eigenvalue weighted by atomic mass is 10.1. The second kappa shape index (κ2) is 8.85. The van der Waals surface area contributed by atoms with Crippen LogP contribution in [0.2, 0.25) is 0 Å². The normalized spacial score (nSPS) is 21.6. The number of anilines is 2. The van der Waals surface area contributed by atoms with Crippen molar-refractivity contribution in [2.75, 3.05) is 43.0 Å². The van der Waals surface area contributed by atoms with Gasteiger partial charge in [-0.05, 0) is 31.5 Å². The Bertz CT molecular complexity index is 1160. The lowest BCUT2D eigenvalue weighted by molar-refractivity contribution is -0.150. The number of H-pyrrole nitrogens is 1. The molecule has 10 nitrogen and oxygen atoms in total. The van der Waals surface area contributed by atoms with Gasteiger partial charge in [0.05, 0.1) is 23.4 Å². The van der Waals surface area contributed by atoms with Gasteiger partial charge in [-0.1, -0.05) is 12.1 Å². The Morgan fingerprint density at radius 1 is 1.31 bits per heavy atom. The van der Waals surface area contributed by atoms with Gasteiger partial charge in [-0.2, -0.15) is 4.98 Å². The number of carboxylic acid groups (broad SMARTS) is 1. The Morgan fingerprint density at radius 3 is 2.97 bits per heavy atom. The molecule has 4 heterocycles. The zero-order valence-electron chi connectivity index (χ0n) is 17.3. The number of piperidine rings is 1. The Labute approximate surface area is 187 Å². The summed E-state index contributed by atoms with van der Waals surface area (Å²) in [6.07, 6.45) is 1.04. The fraction of sp³-hybridized carbons (Fsp3) is 0.429. The zero-order chi connectivity index (χ0) is 22.1. The standard InChI is InChI=1S/C21H24N6O4S/c28-18-16(19-24-13-5-1-2-6-15(13)32-19)17(23-12-4-3-7-22-10-12)25-21(26-18)27-8-9-31-14(11-27)20(29)30/h1-2,5-6,12,14,22H,3-4,7-11H2,(H,29,30)(H2,23,25,26,28). The highest BCUT2D eigenvalue weighted by Gasteiger charge is 2.29. The largest absolute Gasteiger partial charge is 0.479 e. The monoisotopic (exact) mass is 456 g/mol. The lowest BCUT2D eigenvalue weighted by Gasteiger charge is -2.32. The van der Waals surface area contributed by atoms with Crippen LogP contribution in [0.15, 0.2) is 29.1 Å². The summed E-state index contributed by atoms with van der Waals surface area (Å²) >= 11 is 1.45. The van der Waals surface area contributed by atoms with E-state index in [2.05, 4.69) is 20.6 Å². The molecule has 2 unspecified atom stereocenters. The molecule has 11 heteroatoms. The molecule has 5 rings (SSSR count). The van der Waals surface area contributed by atoms with Crippen LogP contribution in [0.25, 0.3) is 20.8 Å². The molecule has 32 heavy (non-hydrogen) atoms. The number of carboxylic acids is 1. The van der Waals surface area contributed by atoms with Gasteiger partial charge >= 0.3 is 5.97 Å². The number of aliphatic carboxylic acids is 1. The van der Waals surface area contributed by atoms with Gasteiger partial charge < -0.3 is 25.4 Å². The van der Waals surface area contributed by atoms with Crippen molar-refractivity contribution in [3.63, 3.8) is 0 Å². The van der Waals surface area contributed by atoms with E-state index < -0.39 is 12.1 Å². The van der Waals surface area contributed by atoms with Crippen molar-refractivity contribution in [1.82, 2.24) is 20.3 Å². The maximum Gasteiger partial charge on any atom is 0.334 e. The number of thiazole rings is 1. The fourth-order valence-electron chi connectivity index (χ4n) is 4.05. The number of hydrogen-bond donors (Lipinski definition) is 4. The Kier molecular flexibility index (Phi) is 5.77. The third-order valence-electron chi connectivity index (χ3n) is 5.69. The first-order valence-electron chi connectivity index (χ1n) is 10.7. The molecule has 2 atom stereocenters. The van der Waals surface area contributed by atoms with Crippen molar-refractivity contribution in [2.24, 2.45) is 0 Å². The predicted octanol–water partition coefficient (Wildman–Crippen LogP) is 1.50. The summed E-state index contributed by atoms with van der Waals surface area (Å²) in [5.41, 5.74) is 0.931. The van der Waals surface area contributed by atoms with Gasteiger partial charge in [-0.15, -0.1) is 11.3 Å². The summed E-state index contributed by atoms with van der Waals surface area (Å²) in [4.78, 5) is 38.7. The molecule has 2 aromatic heterocycles. The van der Waals surface area contributed by atoms with Gasteiger partial charge in [0.2, 0.25) is 5.95 Å². The van der Waals surface area contributed by atoms with E-state index in [0.29, 0.717) is 28.9 Å². The molecule has 2 aliphatic rings. The van der Waals surface area contributed by atoms with E-state index in [1.165, 1.54) is 11.3 Å². The smallest absolute Gasteiger partial charge is 0.334 e. The van der Waals surface area contributed by atoms with Crippen LogP contribution < -0.4 is 21.1 Å². The number of hydrogen-bond acceptors (Lipinski definition) is 9. The maximum atomic E-state index is 13.3. The van der Waals surface area contributed by atoms with Crippen LogP contribution in [0, 0.1) is 0 Å². The van der Waals surface area contributed by atoms with Crippen molar-refractivity contribution < 1.29 is 14.6 Å². The molecule has 0 radical (unpaired) electrons. The molecule has 0 saturated carbocycles. The van der Waals surface area contributed by atoms with E-state index in [9.17, 15) is 14.7 Å². The lowest BCUT2D eigenvalue weighted by Crippen LogP contribution is -2.47. The van der Waals surface area contributed by atoms with Gasteiger partial charge in [0.25, 0.3) is 5.56 Å². The molecule has 0 amide bonds. The molecule has 3 aromatic rings. The number of ether oxygens (including phenoxy) is 1. The van der Waals surface area contributed by atoms with Crippen LogP contribution in [-0.2, 0) is 9.53 Å². The number of rotatable bonds is 5. The maximum absolute atomic E-state index is 13.3. The molecule has 2 aliphatic heterocycles. The van der Waals surface area contributed by atoms with Crippen LogP contribution in [-0.4, -0.2) is 71.0 Å². The van der Waals surface area contributed by atoms with Gasteiger partial charge in [0.15, 0.2) is 6.10 Å². The van der Waals surface area contributed by atoms with Crippen molar-refractivity contribution in [3.05, 3.63) is 34.6 Å². The number of aromatic amines is 1. The summed E-state index contributed by atoms with van der Waals surface area (Å²) in [7, 11) is 0. The highest BCUT2D eigenvalue weighted by atomic mass is 32.1. The Hall–Kier alpha value is -3.02. The van der Waals surface area contributed by atoms with Gasteiger partial charge in [-0.3, -0.25) is 9.78 Å². The zero-order valence-corrected chi connectivity index (χ0v) is 18.2. The number of nitrogens with zero attached hydrogens (tertiary/aromatic N) is 3. The second-order valence-electron chi connectivity index (χ2n) is 7.93. The molecule has 168 valence electrons. The topological polar surface area (TPSA) is 132 Å². The van der Waals surface area contributed by atoms with Crippen LogP contribution in [0.1, 0.15) is 12.8 Å². The Balaban J connectivity index is 1.56. The summed E-state index contributed by atoms with van der Waals surface area (Å²) < 4.78 is 6.30. The number of aromatic nitrogens is 3. The Morgan fingerprint density at radius 2 is 2.19 bits per heavy atom. The third kappa shape index (κ3) is 4.18. The summed E-state index contributed by atoms with van der Waals surface area (Å²) in [6.45, 7) is 2.56. The first-order chi connectivity index (χ1) is 15.6. The van der Waals surface area contributed by atoms with E-state index in [0.717, 1.165) is 36.1 Å². The van der Waals surface area contributed by atoms with Crippen LogP contribution in [0.4, 0.5) is 11.8 Å². The van der Waals surface area contributed by atoms with E-state index in [1.807, 2.05) is 24.3 Å². The molecule has 2 fully saturated rings. The van der Waals surface area contributed by atoms with Gasteiger partial charge in [0, 0.05) is 19.1 Å². The number of nitrogens with one attached hydrogen (secondary N) is 3. The molecule has 2 saturated heterocycles. The van der Waals surface area contributed by atoms with E-state index in [4.69, 9.17) is 9.72 Å². The average molecular weight is 457 g/mol. The highest BCUT2D eigenvalue weighted by molar-refractivity contribution is 7.21. The minimum atomic E-state index is -1.03. The van der Waals surface area contributed by atoms with Crippen molar-refractivity contribution in [3.8, 4) is 10.6 Å². The number of fused-ring (bicyclic) bond motifs is 1.